The van der Waals surface area contributed by atoms with E-state index < -0.39 is 0 Å². The molecule has 1 aliphatic rings. The van der Waals surface area contributed by atoms with Gasteiger partial charge in [-0.25, -0.2) is 4.39 Å². The maximum atomic E-state index is 13.2. The van der Waals surface area contributed by atoms with Crippen LogP contribution in [-0.2, 0) is 0 Å². The summed E-state index contributed by atoms with van der Waals surface area (Å²) < 4.78 is 13.7. The van der Waals surface area contributed by atoms with Gasteiger partial charge in [-0.3, -0.25) is 0 Å². The van der Waals surface area contributed by atoms with Crippen molar-refractivity contribution in [1.29, 1.82) is 0 Å². The van der Waals surface area contributed by atoms with Crippen molar-refractivity contribution in [2.45, 2.75) is 50.3 Å². The second-order valence-electron chi connectivity index (χ2n) is 5.18. The Balaban J connectivity index is 2.08. The third kappa shape index (κ3) is 3.71. The van der Waals surface area contributed by atoms with E-state index in [1.807, 2.05) is 12.1 Å². The van der Waals surface area contributed by atoms with Gasteiger partial charge in [0.15, 0.2) is 0 Å². The Hall–Kier alpha value is -0.0800. The van der Waals surface area contributed by atoms with Crippen molar-refractivity contribution in [3.63, 3.8) is 0 Å². The summed E-state index contributed by atoms with van der Waals surface area (Å²) in [6, 6.07) is 5.14. The molecular formula is C15H19BrClF. The smallest absolute Gasteiger partial charge is 0.137 e. The number of hydrogen-bond acceptors (Lipinski definition) is 0. The molecule has 0 bridgehead atoms. The maximum Gasteiger partial charge on any atom is 0.137 e. The van der Waals surface area contributed by atoms with E-state index in [0.29, 0.717) is 10.4 Å². The fraction of sp³-hybridized carbons (Fsp3) is 0.600. The summed E-state index contributed by atoms with van der Waals surface area (Å²) >= 11 is 9.82. The fourth-order valence-corrected chi connectivity index (χ4v) is 3.52. The van der Waals surface area contributed by atoms with Crippen molar-refractivity contribution in [2.75, 3.05) is 0 Å². The van der Waals surface area contributed by atoms with E-state index in [-0.39, 0.29) is 11.2 Å². The normalized spacial score (nSPS) is 20.2. The van der Waals surface area contributed by atoms with E-state index in [4.69, 9.17) is 11.6 Å². The van der Waals surface area contributed by atoms with Gasteiger partial charge in [0, 0.05) is 0 Å². The van der Waals surface area contributed by atoms with Crippen molar-refractivity contribution in [3.8, 4) is 0 Å². The van der Waals surface area contributed by atoms with E-state index in [1.54, 1.807) is 0 Å². The molecule has 0 aliphatic heterocycles. The molecule has 1 aromatic carbocycles. The first kappa shape index (κ1) is 14.3. The molecule has 0 radical (unpaired) electrons. The average molecular weight is 334 g/mol. The molecule has 0 N–H and O–H groups in total. The van der Waals surface area contributed by atoms with Crippen LogP contribution >= 0.6 is 27.5 Å². The van der Waals surface area contributed by atoms with Crippen LogP contribution in [0.25, 0.3) is 0 Å². The van der Waals surface area contributed by atoms with Crippen LogP contribution in [0.1, 0.15) is 55.9 Å². The average Bonchev–Trinajstić information content (AvgIpc) is 2.31. The molecule has 1 atom stereocenters. The lowest BCUT2D eigenvalue weighted by atomic mass is 9.86. The molecule has 0 aromatic heterocycles. The van der Waals surface area contributed by atoms with Crippen molar-refractivity contribution < 1.29 is 4.39 Å². The lowest BCUT2D eigenvalue weighted by Crippen LogP contribution is -2.10. The van der Waals surface area contributed by atoms with Crippen LogP contribution < -0.4 is 0 Å². The molecule has 1 saturated carbocycles. The van der Waals surface area contributed by atoms with E-state index in [1.165, 1.54) is 51.0 Å². The number of rotatable bonds is 2. The molecule has 1 aliphatic carbocycles. The zero-order valence-corrected chi connectivity index (χ0v) is 12.8. The summed E-state index contributed by atoms with van der Waals surface area (Å²) in [6.45, 7) is 0. The molecule has 100 valence electrons. The van der Waals surface area contributed by atoms with Gasteiger partial charge in [0.2, 0.25) is 0 Å². The lowest BCUT2D eigenvalue weighted by molar-refractivity contribution is 0.368. The Bertz CT molecular complexity index is 386. The summed E-state index contributed by atoms with van der Waals surface area (Å²) in [5.41, 5.74) is 1.04. The molecule has 0 spiro atoms. The molecule has 1 fully saturated rings. The summed E-state index contributed by atoms with van der Waals surface area (Å²) in [5.74, 6) is 0.310. The molecule has 18 heavy (non-hydrogen) atoms. The molecule has 0 amide bonds. The minimum Gasteiger partial charge on any atom is -0.206 e. The van der Waals surface area contributed by atoms with Gasteiger partial charge in [0.1, 0.15) is 5.82 Å². The van der Waals surface area contributed by atoms with Crippen molar-refractivity contribution in [1.82, 2.24) is 0 Å². The second kappa shape index (κ2) is 6.91. The van der Waals surface area contributed by atoms with Gasteiger partial charge >= 0.3 is 0 Å². The summed E-state index contributed by atoms with van der Waals surface area (Å²) in [7, 11) is 0. The minimum atomic E-state index is -0.222. The predicted octanol–water partition coefficient (Wildman–Crippen LogP) is 6.23. The third-order valence-corrected chi connectivity index (χ3v) is 5.04. The third-order valence-electron chi connectivity index (χ3n) is 3.83. The van der Waals surface area contributed by atoms with E-state index in [9.17, 15) is 4.39 Å². The molecule has 1 unspecified atom stereocenters. The van der Waals surface area contributed by atoms with Crippen LogP contribution in [0.5, 0.6) is 0 Å². The van der Waals surface area contributed by atoms with E-state index in [2.05, 4.69) is 15.9 Å². The Morgan fingerprint density at radius 3 is 2.33 bits per heavy atom. The fourth-order valence-electron chi connectivity index (χ4n) is 2.74. The first-order valence-corrected chi connectivity index (χ1v) is 8.00. The van der Waals surface area contributed by atoms with Gasteiger partial charge in [0.25, 0.3) is 0 Å². The minimum absolute atomic E-state index is 0.0139. The molecule has 1 aromatic rings. The number of hydrogen-bond donors (Lipinski definition) is 0. The topological polar surface area (TPSA) is 0 Å². The summed E-state index contributed by atoms with van der Waals surface area (Å²) in [5, 5.41) is 0.0139. The molecule has 2 rings (SSSR count). The van der Waals surface area contributed by atoms with Crippen LogP contribution in [0.3, 0.4) is 0 Å². The molecular weight excluding hydrogens is 315 g/mol. The zero-order chi connectivity index (χ0) is 13.0. The Morgan fingerprint density at radius 1 is 1.11 bits per heavy atom. The highest BCUT2D eigenvalue weighted by atomic mass is 79.9. The van der Waals surface area contributed by atoms with Crippen molar-refractivity contribution in [3.05, 3.63) is 34.1 Å². The van der Waals surface area contributed by atoms with E-state index >= 15 is 0 Å². The van der Waals surface area contributed by atoms with Gasteiger partial charge in [-0.15, -0.1) is 11.6 Å². The Labute approximate surface area is 122 Å². The number of halogens is 3. The SMILES string of the molecule is Fc1ccc(C(Cl)C2CCCCCCC2)cc1Br. The van der Waals surface area contributed by atoms with Gasteiger partial charge in [-0.2, -0.15) is 0 Å². The van der Waals surface area contributed by atoms with Crippen molar-refractivity contribution in [2.24, 2.45) is 5.92 Å². The lowest BCUT2D eigenvalue weighted by Gasteiger charge is -2.24. The van der Waals surface area contributed by atoms with E-state index in [0.717, 1.165) is 5.56 Å². The highest BCUT2D eigenvalue weighted by Gasteiger charge is 2.22. The van der Waals surface area contributed by atoms with Gasteiger partial charge in [-0.1, -0.05) is 38.2 Å². The van der Waals surface area contributed by atoms with Gasteiger partial charge in [0.05, 0.1) is 9.85 Å². The zero-order valence-electron chi connectivity index (χ0n) is 10.5. The van der Waals surface area contributed by atoms with Crippen LogP contribution in [0, 0.1) is 11.7 Å². The van der Waals surface area contributed by atoms with Crippen LogP contribution in [0.15, 0.2) is 22.7 Å². The van der Waals surface area contributed by atoms with Gasteiger partial charge < -0.3 is 0 Å². The summed E-state index contributed by atoms with van der Waals surface area (Å²) in [4.78, 5) is 0. The first-order chi connectivity index (χ1) is 8.68. The highest BCUT2D eigenvalue weighted by molar-refractivity contribution is 9.10. The highest BCUT2D eigenvalue weighted by Crippen LogP contribution is 2.38. The van der Waals surface area contributed by atoms with Crippen molar-refractivity contribution >= 4 is 27.5 Å². The van der Waals surface area contributed by atoms with Crippen LogP contribution in [0.4, 0.5) is 4.39 Å². The quantitative estimate of drug-likeness (QED) is 0.563. The maximum absolute atomic E-state index is 13.2. The Morgan fingerprint density at radius 2 is 1.72 bits per heavy atom. The number of alkyl halides is 1. The van der Waals surface area contributed by atoms with Crippen LogP contribution in [0.2, 0.25) is 0 Å². The largest absolute Gasteiger partial charge is 0.206 e. The predicted molar refractivity (Wildman–Crippen MR) is 78.5 cm³/mol. The molecule has 0 heterocycles. The molecule has 0 nitrogen and oxygen atoms in total. The first-order valence-electron chi connectivity index (χ1n) is 6.77. The van der Waals surface area contributed by atoms with Gasteiger partial charge in [-0.05, 0) is 52.4 Å². The monoisotopic (exact) mass is 332 g/mol. The van der Waals surface area contributed by atoms with Crippen LogP contribution in [-0.4, -0.2) is 0 Å². The second-order valence-corrected chi connectivity index (χ2v) is 6.51. The Kier molecular flexibility index (Phi) is 5.50. The molecule has 0 saturated heterocycles. The molecule has 3 heteroatoms. The number of benzene rings is 1. The summed E-state index contributed by atoms with van der Waals surface area (Å²) in [6.07, 6.45) is 8.96. The standard InChI is InChI=1S/C15H19BrClF/c16-13-10-12(8-9-14(13)18)15(17)11-6-4-2-1-3-5-7-11/h8-11,15H,1-7H2.